The Morgan fingerprint density at radius 1 is 1.16 bits per heavy atom. The number of amides is 2. The first-order valence-electron chi connectivity index (χ1n) is 11.5. The predicted molar refractivity (Wildman–Crippen MR) is 144 cm³/mol. The van der Waals surface area contributed by atoms with Crippen molar-refractivity contribution in [3.8, 4) is 5.75 Å². The lowest BCUT2D eigenvalue weighted by Gasteiger charge is -2.24. The van der Waals surface area contributed by atoms with Gasteiger partial charge in [-0.1, -0.05) is 71.9 Å². The SMILES string of the molecule is COc1ccccc1[C@H]1CC(c2ccccc2)=NN1C1=NC(=O)[C@H](CC(=O)Nc2ccc(F)c(Cl)c2)S1. The van der Waals surface area contributed by atoms with Gasteiger partial charge in [0.1, 0.15) is 16.8 Å². The maximum atomic E-state index is 13.4. The molecule has 2 aliphatic rings. The van der Waals surface area contributed by atoms with Crippen LogP contribution in [0.4, 0.5) is 10.1 Å². The van der Waals surface area contributed by atoms with Crippen molar-refractivity contribution in [1.29, 1.82) is 0 Å². The van der Waals surface area contributed by atoms with Crippen LogP contribution in [0.3, 0.4) is 0 Å². The smallest absolute Gasteiger partial charge is 0.262 e. The number of hydrazone groups is 1. The number of rotatable bonds is 6. The van der Waals surface area contributed by atoms with Crippen molar-refractivity contribution in [3.05, 3.63) is 94.8 Å². The summed E-state index contributed by atoms with van der Waals surface area (Å²) in [6.45, 7) is 0. The summed E-state index contributed by atoms with van der Waals surface area (Å²) in [5, 5.41) is 8.87. The van der Waals surface area contributed by atoms with Crippen molar-refractivity contribution in [3.63, 3.8) is 0 Å². The van der Waals surface area contributed by atoms with E-state index in [9.17, 15) is 14.0 Å². The number of thioether (sulfide) groups is 1. The van der Waals surface area contributed by atoms with E-state index >= 15 is 0 Å². The minimum atomic E-state index is -0.708. The quantitative estimate of drug-likeness (QED) is 0.439. The molecule has 0 aliphatic carbocycles. The molecule has 0 aromatic heterocycles. The molecule has 2 aliphatic heterocycles. The summed E-state index contributed by atoms with van der Waals surface area (Å²) in [7, 11) is 1.62. The molecule has 0 saturated heterocycles. The number of hydrogen-bond donors (Lipinski definition) is 1. The van der Waals surface area contributed by atoms with Gasteiger partial charge in [0, 0.05) is 24.1 Å². The fraction of sp³-hybridized carbons (Fsp3) is 0.185. The number of amidine groups is 1. The van der Waals surface area contributed by atoms with Gasteiger partial charge >= 0.3 is 0 Å². The molecule has 0 spiro atoms. The summed E-state index contributed by atoms with van der Waals surface area (Å²) in [5.41, 5.74) is 3.11. The zero-order chi connectivity index (χ0) is 25.9. The molecule has 2 atom stereocenters. The molecule has 0 saturated carbocycles. The molecule has 0 radical (unpaired) electrons. The first-order chi connectivity index (χ1) is 17.9. The van der Waals surface area contributed by atoms with Gasteiger partial charge in [-0.3, -0.25) is 9.59 Å². The van der Waals surface area contributed by atoms with E-state index in [-0.39, 0.29) is 17.5 Å². The van der Waals surface area contributed by atoms with E-state index in [0.29, 0.717) is 23.0 Å². The number of nitrogens with one attached hydrogen (secondary N) is 1. The van der Waals surface area contributed by atoms with Gasteiger partial charge in [0.05, 0.1) is 23.9 Å². The Morgan fingerprint density at radius 3 is 2.68 bits per heavy atom. The summed E-state index contributed by atoms with van der Waals surface area (Å²) in [6.07, 6.45) is 0.489. The molecule has 2 amide bonds. The van der Waals surface area contributed by atoms with Crippen LogP contribution in [0.25, 0.3) is 0 Å². The zero-order valence-corrected chi connectivity index (χ0v) is 21.3. The van der Waals surface area contributed by atoms with Crippen molar-refractivity contribution in [1.82, 2.24) is 5.01 Å². The topological polar surface area (TPSA) is 83.4 Å². The van der Waals surface area contributed by atoms with E-state index < -0.39 is 22.9 Å². The van der Waals surface area contributed by atoms with E-state index in [2.05, 4.69) is 10.3 Å². The van der Waals surface area contributed by atoms with Crippen molar-refractivity contribution >= 4 is 51.7 Å². The number of carbonyl (C=O) groups excluding carboxylic acids is 2. The van der Waals surface area contributed by atoms with Crippen molar-refractivity contribution in [2.45, 2.75) is 24.1 Å². The third kappa shape index (κ3) is 5.38. The number of hydrogen-bond acceptors (Lipinski definition) is 6. The van der Waals surface area contributed by atoms with Gasteiger partial charge in [0.25, 0.3) is 5.91 Å². The van der Waals surface area contributed by atoms with E-state index in [1.165, 1.54) is 30.0 Å². The third-order valence-corrected chi connectivity index (χ3v) is 7.45. The predicted octanol–water partition coefficient (Wildman–Crippen LogP) is 5.67. The van der Waals surface area contributed by atoms with Gasteiger partial charge in [-0.05, 0) is 29.8 Å². The number of aliphatic imine (C=N–C) groups is 1. The van der Waals surface area contributed by atoms with Crippen LogP contribution in [0.2, 0.25) is 5.02 Å². The van der Waals surface area contributed by atoms with Gasteiger partial charge < -0.3 is 10.1 Å². The highest BCUT2D eigenvalue weighted by molar-refractivity contribution is 8.15. The van der Waals surface area contributed by atoms with Crippen LogP contribution in [0.5, 0.6) is 5.75 Å². The fourth-order valence-electron chi connectivity index (χ4n) is 4.23. The van der Waals surface area contributed by atoms with Gasteiger partial charge in [-0.25, -0.2) is 9.40 Å². The molecule has 0 bridgehead atoms. The minimum absolute atomic E-state index is 0.0989. The molecular formula is C27H22ClFN4O3S. The maximum Gasteiger partial charge on any atom is 0.262 e. The third-order valence-electron chi connectivity index (χ3n) is 6.01. The molecule has 3 aromatic carbocycles. The molecule has 37 heavy (non-hydrogen) atoms. The molecular weight excluding hydrogens is 515 g/mol. The lowest BCUT2D eigenvalue weighted by Crippen LogP contribution is -2.25. The lowest BCUT2D eigenvalue weighted by atomic mass is 9.98. The second-order valence-electron chi connectivity index (χ2n) is 8.44. The van der Waals surface area contributed by atoms with Gasteiger partial charge in [-0.2, -0.15) is 10.1 Å². The van der Waals surface area contributed by atoms with Crippen molar-refractivity contribution < 1.29 is 18.7 Å². The molecule has 0 unspecified atom stereocenters. The zero-order valence-electron chi connectivity index (χ0n) is 19.7. The first-order valence-corrected chi connectivity index (χ1v) is 12.8. The standard InChI is InChI=1S/C27H22ClFN4O3S/c1-36-23-10-6-5-9-18(23)22-14-21(16-7-3-2-4-8-16)32-33(22)27-31-26(35)24(37-27)15-25(34)30-17-11-12-20(29)19(28)13-17/h2-13,22,24H,14-15H2,1H3,(H,30,34)/t22-,24+/m1/s1. The fourth-order valence-corrected chi connectivity index (χ4v) is 5.48. The second-order valence-corrected chi connectivity index (χ2v) is 10.0. The lowest BCUT2D eigenvalue weighted by molar-refractivity contribution is -0.121. The summed E-state index contributed by atoms with van der Waals surface area (Å²) in [5.74, 6) is -0.675. The molecule has 3 aromatic rings. The van der Waals surface area contributed by atoms with Crippen LogP contribution < -0.4 is 10.1 Å². The normalized spacial score (nSPS) is 19.0. The summed E-state index contributed by atoms with van der Waals surface area (Å²) in [6, 6.07) is 21.2. The highest BCUT2D eigenvalue weighted by Crippen LogP contribution is 2.41. The molecule has 1 N–H and O–H groups in total. The first kappa shape index (κ1) is 25.0. The second kappa shape index (κ2) is 10.7. The van der Waals surface area contributed by atoms with Crippen LogP contribution >= 0.6 is 23.4 Å². The molecule has 5 rings (SSSR count). The Morgan fingerprint density at radius 2 is 1.92 bits per heavy atom. The average molecular weight is 537 g/mol. The van der Waals surface area contributed by atoms with Crippen LogP contribution in [0.1, 0.15) is 30.0 Å². The number of nitrogens with zero attached hydrogens (tertiary/aromatic N) is 3. The van der Waals surface area contributed by atoms with Crippen LogP contribution in [0.15, 0.2) is 82.9 Å². The number of methoxy groups -OCH3 is 1. The van der Waals surface area contributed by atoms with Crippen molar-refractivity contribution in [2.24, 2.45) is 10.1 Å². The Labute approximate surface area is 222 Å². The number of ether oxygens (including phenoxy) is 1. The molecule has 2 heterocycles. The van der Waals surface area contributed by atoms with E-state index in [1.54, 1.807) is 12.1 Å². The molecule has 0 fully saturated rings. The highest BCUT2D eigenvalue weighted by Gasteiger charge is 2.40. The number of halogens is 2. The molecule has 188 valence electrons. The Kier molecular flexibility index (Phi) is 7.25. The number of carbonyl (C=O) groups is 2. The minimum Gasteiger partial charge on any atom is -0.496 e. The van der Waals surface area contributed by atoms with Crippen molar-refractivity contribution in [2.75, 3.05) is 12.4 Å². The van der Waals surface area contributed by atoms with Crippen LogP contribution in [-0.4, -0.2) is 40.1 Å². The number of anilines is 1. The summed E-state index contributed by atoms with van der Waals surface area (Å²) < 4.78 is 19.0. The number of benzene rings is 3. The summed E-state index contributed by atoms with van der Waals surface area (Å²) >= 11 is 7.00. The Bertz CT molecular complexity index is 1420. The largest absolute Gasteiger partial charge is 0.496 e. The Balaban J connectivity index is 1.36. The molecule has 10 heteroatoms. The monoisotopic (exact) mass is 536 g/mol. The van der Waals surface area contributed by atoms with Crippen LogP contribution in [0, 0.1) is 5.82 Å². The Hall–Kier alpha value is -3.69. The van der Waals surface area contributed by atoms with E-state index in [4.69, 9.17) is 21.4 Å². The highest BCUT2D eigenvalue weighted by atomic mass is 35.5. The number of para-hydroxylation sites is 1. The van der Waals surface area contributed by atoms with Gasteiger partial charge in [-0.15, -0.1) is 0 Å². The van der Waals surface area contributed by atoms with Crippen LogP contribution in [-0.2, 0) is 9.59 Å². The van der Waals surface area contributed by atoms with Gasteiger partial charge in [0.2, 0.25) is 5.91 Å². The van der Waals surface area contributed by atoms with Gasteiger partial charge in [0.15, 0.2) is 5.17 Å². The average Bonchev–Trinajstić information content (AvgIpc) is 3.50. The summed E-state index contributed by atoms with van der Waals surface area (Å²) in [4.78, 5) is 29.7. The van der Waals surface area contributed by atoms with E-state index in [1.807, 2.05) is 54.6 Å². The molecule has 7 nitrogen and oxygen atoms in total. The maximum absolute atomic E-state index is 13.4. The van der Waals surface area contributed by atoms with E-state index in [0.717, 1.165) is 16.8 Å².